The van der Waals surface area contributed by atoms with Crippen molar-refractivity contribution in [3.63, 3.8) is 0 Å². The van der Waals surface area contributed by atoms with Crippen molar-refractivity contribution >= 4 is 17.6 Å². The molecule has 2 aromatic heterocycles. The van der Waals surface area contributed by atoms with Crippen molar-refractivity contribution in [1.82, 2.24) is 20.5 Å². The highest BCUT2D eigenvalue weighted by Crippen LogP contribution is 2.13. The van der Waals surface area contributed by atoms with Crippen molar-refractivity contribution in [2.75, 3.05) is 44.7 Å². The molecule has 27 heavy (non-hydrogen) atoms. The van der Waals surface area contributed by atoms with E-state index >= 15 is 0 Å². The summed E-state index contributed by atoms with van der Waals surface area (Å²) in [6.07, 6.45) is 3.44. The number of furan rings is 1. The van der Waals surface area contributed by atoms with Crippen LogP contribution in [0.2, 0.25) is 0 Å². The summed E-state index contributed by atoms with van der Waals surface area (Å²) >= 11 is 0. The Bertz CT molecular complexity index is 737. The third-order valence-electron chi connectivity index (χ3n) is 4.51. The first-order chi connectivity index (χ1) is 13.1. The van der Waals surface area contributed by atoms with Gasteiger partial charge in [-0.1, -0.05) is 6.07 Å². The Balaban J connectivity index is 1.36. The Morgan fingerprint density at radius 2 is 1.96 bits per heavy atom. The molecule has 3 heterocycles. The van der Waals surface area contributed by atoms with Crippen molar-refractivity contribution < 1.29 is 14.0 Å². The monoisotopic (exact) mass is 371 g/mol. The van der Waals surface area contributed by atoms with Crippen LogP contribution in [-0.2, 0) is 11.3 Å². The molecule has 2 amide bonds. The van der Waals surface area contributed by atoms with E-state index in [9.17, 15) is 9.59 Å². The molecule has 0 aliphatic carbocycles. The summed E-state index contributed by atoms with van der Waals surface area (Å²) in [4.78, 5) is 32.7. The predicted octanol–water partition coefficient (Wildman–Crippen LogP) is 0.863. The molecule has 2 aromatic rings. The maximum absolute atomic E-state index is 11.9. The Hall–Kier alpha value is -2.87. The number of nitrogens with one attached hydrogen (secondary N) is 2. The van der Waals surface area contributed by atoms with Crippen molar-refractivity contribution in [3.05, 3.63) is 48.0 Å². The van der Waals surface area contributed by atoms with Crippen molar-refractivity contribution in [2.45, 2.75) is 13.0 Å². The molecule has 1 saturated heterocycles. The number of aromatic nitrogens is 1. The number of likely N-dealkylation sites (N-methyl/N-ethyl adjacent to an activating group) is 1. The van der Waals surface area contributed by atoms with Crippen LogP contribution in [0.25, 0.3) is 0 Å². The fourth-order valence-electron chi connectivity index (χ4n) is 2.82. The van der Waals surface area contributed by atoms with E-state index in [2.05, 4.69) is 32.5 Å². The standard InChI is InChI=1S/C19H25N5O3/c1-23-8-10-24(11-9-23)17-5-4-15(13-21-17)14-22-18(25)6-7-20-19(26)16-3-2-12-27-16/h2-5,12-13H,6-11,14H2,1H3,(H,20,26)(H,22,25). The molecule has 0 bridgehead atoms. The van der Waals surface area contributed by atoms with Crippen molar-refractivity contribution in [2.24, 2.45) is 0 Å². The largest absolute Gasteiger partial charge is 0.459 e. The lowest BCUT2D eigenvalue weighted by atomic mass is 10.2. The molecular weight excluding hydrogens is 346 g/mol. The number of carbonyl (C=O) groups excluding carboxylic acids is 2. The average molecular weight is 371 g/mol. The third-order valence-corrected chi connectivity index (χ3v) is 4.51. The Labute approximate surface area is 158 Å². The lowest BCUT2D eigenvalue weighted by molar-refractivity contribution is -0.121. The molecule has 1 fully saturated rings. The summed E-state index contributed by atoms with van der Waals surface area (Å²) in [5, 5.41) is 5.48. The van der Waals surface area contributed by atoms with Gasteiger partial charge in [0.25, 0.3) is 5.91 Å². The summed E-state index contributed by atoms with van der Waals surface area (Å²) in [7, 11) is 2.12. The van der Waals surface area contributed by atoms with Crippen molar-refractivity contribution in [3.8, 4) is 0 Å². The van der Waals surface area contributed by atoms with Crippen LogP contribution in [0, 0.1) is 0 Å². The number of anilines is 1. The summed E-state index contributed by atoms with van der Waals surface area (Å²) < 4.78 is 4.99. The number of pyridine rings is 1. The van der Waals surface area contributed by atoms with Gasteiger partial charge >= 0.3 is 0 Å². The molecule has 8 heteroatoms. The molecule has 0 spiro atoms. The number of amides is 2. The first-order valence-corrected chi connectivity index (χ1v) is 9.08. The van der Waals surface area contributed by atoms with Gasteiger partial charge in [-0.05, 0) is 30.8 Å². The fraction of sp³-hybridized carbons (Fsp3) is 0.421. The summed E-state index contributed by atoms with van der Waals surface area (Å²) in [5.74, 6) is 0.759. The Morgan fingerprint density at radius 3 is 2.63 bits per heavy atom. The van der Waals surface area contributed by atoms with Crippen LogP contribution in [0.4, 0.5) is 5.82 Å². The number of carbonyl (C=O) groups is 2. The second kappa shape index (κ2) is 9.18. The molecule has 1 aliphatic rings. The van der Waals surface area contributed by atoms with Crippen LogP contribution in [0.15, 0.2) is 41.1 Å². The zero-order chi connectivity index (χ0) is 19.1. The molecule has 3 rings (SSSR count). The van der Waals surface area contributed by atoms with E-state index in [0.717, 1.165) is 37.6 Å². The maximum Gasteiger partial charge on any atom is 0.286 e. The zero-order valence-corrected chi connectivity index (χ0v) is 15.5. The van der Waals surface area contributed by atoms with E-state index in [1.54, 1.807) is 18.3 Å². The van der Waals surface area contributed by atoms with Crippen LogP contribution in [0.3, 0.4) is 0 Å². The van der Waals surface area contributed by atoms with Crippen LogP contribution in [-0.4, -0.2) is 61.5 Å². The minimum atomic E-state index is -0.323. The fourth-order valence-corrected chi connectivity index (χ4v) is 2.82. The number of nitrogens with zero attached hydrogens (tertiary/aromatic N) is 3. The summed E-state index contributed by atoms with van der Waals surface area (Å²) in [6, 6.07) is 7.20. The highest BCUT2D eigenvalue weighted by Gasteiger charge is 2.15. The third kappa shape index (κ3) is 5.55. The van der Waals surface area contributed by atoms with Gasteiger partial charge in [0.15, 0.2) is 5.76 Å². The minimum Gasteiger partial charge on any atom is -0.459 e. The molecular formula is C19H25N5O3. The van der Waals surface area contributed by atoms with E-state index in [1.807, 2.05) is 12.1 Å². The highest BCUT2D eigenvalue weighted by molar-refractivity contribution is 5.91. The lowest BCUT2D eigenvalue weighted by Gasteiger charge is -2.33. The lowest BCUT2D eigenvalue weighted by Crippen LogP contribution is -2.44. The van der Waals surface area contributed by atoms with Gasteiger partial charge in [-0.2, -0.15) is 0 Å². The molecule has 8 nitrogen and oxygen atoms in total. The topological polar surface area (TPSA) is 90.7 Å². The molecule has 0 saturated carbocycles. The number of rotatable bonds is 7. The zero-order valence-electron chi connectivity index (χ0n) is 15.5. The van der Waals surface area contributed by atoms with Gasteiger partial charge in [0.05, 0.1) is 6.26 Å². The minimum absolute atomic E-state index is 0.127. The van der Waals surface area contributed by atoms with Gasteiger partial charge in [0, 0.05) is 51.9 Å². The number of hydrogen-bond donors (Lipinski definition) is 2. The van der Waals surface area contributed by atoms with Crippen LogP contribution in [0.5, 0.6) is 0 Å². The molecule has 0 radical (unpaired) electrons. The predicted molar refractivity (Wildman–Crippen MR) is 101 cm³/mol. The Kier molecular flexibility index (Phi) is 6.43. The molecule has 0 aromatic carbocycles. The highest BCUT2D eigenvalue weighted by atomic mass is 16.3. The first-order valence-electron chi connectivity index (χ1n) is 9.08. The van der Waals surface area contributed by atoms with E-state index in [-0.39, 0.29) is 30.5 Å². The molecule has 0 unspecified atom stereocenters. The normalized spacial score (nSPS) is 14.8. The second-order valence-corrected chi connectivity index (χ2v) is 6.57. The van der Waals surface area contributed by atoms with Gasteiger partial charge < -0.3 is 24.9 Å². The number of piperazine rings is 1. The van der Waals surface area contributed by atoms with E-state index < -0.39 is 0 Å². The molecule has 0 atom stereocenters. The molecule has 2 N–H and O–H groups in total. The van der Waals surface area contributed by atoms with Gasteiger partial charge in [0.2, 0.25) is 5.91 Å². The van der Waals surface area contributed by atoms with Gasteiger partial charge in [-0.25, -0.2) is 4.98 Å². The second-order valence-electron chi connectivity index (χ2n) is 6.57. The van der Waals surface area contributed by atoms with E-state index in [4.69, 9.17) is 4.42 Å². The van der Waals surface area contributed by atoms with E-state index in [1.165, 1.54) is 6.26 Å². The van der Waals surface area contributed by atoms with Gasteiger partial charge in [-0.3, -0.25) is 9.59 Å². The smallest absolute Gasteiger partial charge is 0.286 e. The first kappa shape index (κ1) is 18.9. The van der Waals surface area contributed by atoms with Crippen LogP contribution in [0.1, 0.15) is 22.5 Å². The molecule has 1 aliphatic heterocycles. The van der Waals surface area contributed by atoms with Gasteiger partial charge in [-0.15, -0.1) is 0 Å². The summed E-state index contributed by atoms with van der Waals surface area (Å²) in [6.45, 7) is 4.70. The van der Waals surface area contributed by atoms with Crippen molar-refractivity contribution in [1.29, 1.82) is 0 Å². The van der Waals surface area contributed by atoms with Crippen LogP contribution < -0.4 is 15.5 Å². The SMILES string of the molecule is CN1CCN(c2ccc(CNC(=O)CCNC(=O)c3ccco3)cn2)CC1. The van der Waals surface area contributed by atoms with Gasteiger partial charge in [0.1, 0.15) is 5.82 Å². The molecule has 144 valence electrons. The average Bonchev–Trinajstić information content (AvgIpc) is 3.22. The van der Waals surface area contributed by atoms with Crippen LogP contribution >= 0.6 is 0 Å². The number of hydrogen-bond acceptors (Lipinski definition) is 6. The van der Waals surface area contributed by atoms with E-state index in [0.29, 0.717) is 6.54 Å². The quantitative estimate of drug-likeness (QED) is 0.750. The summed E-state index contributed by atoms with van der Waals surface area (Å²) in [5.41, 5.74) is 0.945. The maximum atomic E-state index is 11.9. The Morgan fingerprint density at radius 1 is 1.15 bits per heavy atom.